The zero-order chi connectivity index (χ0) is 21.5. The highest BCUT2D eigenvalue weighted by Gasteiger charge is 2.29. The second kappa shape index (κ2) is 10.8. The molecule has 30 heavy (non-hydrogen) atoms. The second-order valence-electron chi connectivity index (χ2n) is 8.04. The maximum atomic E-state index is 13.0. The van der Waals surface area contributed by atoms with Crippen LogP contribution in [0.15, 0.2) is 29.8 Å². The number of benzene rings is 1. The number of allylic oxidation sites excluding steroid dienone is 1. The smallest absolute Gasteiger partial charge is 0.258 e. The molecule has 2 aliphatic rings. The highest BCUT2D eigenvalue weighted by molar-refractivity contribution is 7.80. The van der Waals surface area contributed by atoms with Crippen LogP contribution in [0, 0.1) is 0 Å². The molecule has 1 aromatic rings. The van der Waals surface area contributed by atoms with Gasteiger partial charge >= 0.3 is 0 Å². The Kier molecular flexibility index (Phi) is 8.16. The number of hydrogen-bond donors (Lipinski definition) is 1. The Labute approximate surface area is 185 Å². The molecule has 2 amide bonds. The van der Waals surface area contributed by atoms with Crippen LogP contribution in [-0.2, 0) is 6.42 Å². The molecule has 0 spiro atoms. The molecule has 0 saturated carbocycles. The predicted molar refractivity (Wildman–Crippen MR) is 125 cm³/mol. The molecule has 0 bridgehead atoms. The third-order valence-corrected chi connectivity index (χ3v) is 6.50. The van der Waals surface area contributed by atoms with Crippen molar-refractivity contribution in [3.05, 3.63) is 46.5 Å². The molecule has 0 atom stereocenters. The fourth-order valence-corrected chi connectivity index (χ4v) is 4.52. The van der Waals surface area contributed by atoms with Crippen LogP contribution in [0.4, 0.5) is 0 Å². The monoisotopic (exact) mass is 427 g/mol. The average molecular weight is 428 g/mol. The number of fused-ring (bicyclic) bond motifs is 1. The molecule has 1 aromatic carbocycles. The molecule has 162 valence electrons. The van der Waals surface area contributed by atoms with Crippen molar-refractivity contribution in [2.45, 2.75) is 52.4 Å². The maximum absolute atomic E-state index is 13.0. The summed E-state index contributed by atoms with van der Waals surface area (Å²) >= 11 is 5.56. The van der Waals surface area contributed by atoms with E-state index in [1.165, 1.54) is 18.4 Å². The summed E-state index contributed by atoms with van der Waals surface area (Å²) < 4.78 is 0. The summed E-state index contributed by atoms with van der Waals surface area (Å²) in [5.74, 6) is -0.138. The van der Waals surface area contributed by atoms with Crippen LogP contribution in [0.2, 0.25) is 0 Å². The van der Waals surface area contributed by atoms with Gasteiger partial charge < -0.3 is 15.1 Å². The normalized spacial score (nSPS) is 16.5. The molecule has 0 radical (unpaired) electrons. The van der Waals surface area contributed by atoms with Crippen molar-refractivity contribution in [1.82, 2.24) is 15.1 Å². The summed E-state index contributed by atoms with van der Waals surface area (Å²) in [6.45, 7) is 8.26. The molecular formula is C24H33N3O2S. The van der Waals surface area contributed by atoms with Crippen molar-refractivity contribution >= 4 is 29.0 Å². The van der Waals surface area contributed by atoms with Gasteiger partial charge in [0.1, 0.15) is 0 Å². The van der Waals surface area contributed by atoms with Gasteiger partial charge in [0, 0.05) is 37.2 Å². The van der Waals surface area contributed by atoms with Gasteiger partial charge in [-0.05, 0) is 69.0 Å². The Hall–Kier alpha value is -2.05. The first kappa shape index (κ1) is 22.6. The largest absolute Gasteiger partial charge is 0.351 e. The predicted octanol–water partition coefficient (Wildman–Crippen LogP) is 3.97. The molecule has 6 heteroatoms. The van der Waals surface area contributed by atoms with E-state index in [2.05, 4.69) is 30.1 Å². The Balaban J connectivity index is 1.62. The molecule has 1 heterocycles. The number of rotatable bonds is 9. The van der Waals surface area contributed by atoms with Crippen molar-refractivity contribution in [2.75, 3.05) is 32.7 Å². The Bertz CT molecular complexity index is 830. The summed E-state index contributed by atoms with van der Waals surface area (Å²) in [4.78, 5) is 30.2. The second-order valence-corrected chi connectivity index (χ2v) is 8.51. The quantitative estimate of drug-likeness (QED) is 0.479. The molecule has 0 saturated heterocycles. The number of likely N-dealkylation sites (N-methyl/N-ethyl adjacent to an activating group) is 1. The molecule has 0 unspecified atom stereocenters. The topological polar surface area (TPSA) is 52.7 Å². The number of carbonyl (C=O) groups excluding carboxylic acids is 2. The standard InChI is InChI=1S/C24H33N3O2S/c1-3-26(4-2)15-13-25-23(28)19-10-11-21-20(16-19)17-22(30)27(24(21)29)14-12-18-8-6-5-7-9-18/h8,10-11,16H,3-7,9,12-15,17H2,1-2H3,(H,25,28). The van der Waals surface area contributed by atoms with Crippen molar-refractivity contribution < 1.29 is 9.59 Å². The van der Waals surface area contributed by atoms with E-state index in [0.717, 1.165) is 44.5 Å². The van der Waals surface area contributed by atoms with E-state index >= 15 is 0 Å². The Morgan fingerprint density at radius 1 is 1.23 bits per heavy atom. The molecule has 5 nitrogen and oxygen atoms in total. The average Bonchev–Trinajstić information content (AvgIpc) is 2.76. The summed E-state index contributed by atoms with van der Waals surface area (Å²) in [5.41, 5.74) is 3.56. The third kappa shape index (κ3) is 5.55. The van der Waals surface area contributed by atoms with Gasteiger partial charge in [-0.15, -0.1) is 0 Å². The number of amides is 2. The van der Waals surface area contributed by atoms with E-state index < -0.39 is 0 Å². The number of thiocarbonyl (C=S) groups is 1. The fourth-order valence-electron chi connectivity index (χ4n) is 4.19. The molecule has 3 rings (SSSR count). The van der Waals surface area contributed by atoms with Gasteiger partial charge in [0.2, 0.25) is 0 Å². The van der Waals surface area contributed by atoms with Gasteiger partial charge in [-0.2, -0.15) is 0 Å². The van der Waals surface area contributed by atoms with E-state index in [0.29, 0.717) is 35.6 Å². The van der Waals surface area contributed by atoms with Crippen LogP contribution in [0.5, 0.6) is 0 Å². The molecular weight excluding hydrogens is 394 g/mol. The number of hydrogen-bond acceptors (Lipinski definition) is 4. The summed E-state index contributed by atoms with van der Waals surface area (Å²) in [6, 6.07) is 5.36. The first-order valence-corrected chi connectivity index (χ1v) is 11.6. The maximum Gasteiger partial charge on any atom is 0.258 e. The lowest BCUT2D eigenvalue weighted by atomic mass is 9.94. The Morgan fingerprint density at radius 3 is 2.73 bits per heavy atom. The van der Waals surface area contributed by atoms with E-state index in [9.17, 15) is 9.59 Å². The third-order valence-electron chi connectivity index (χ3n) is 6.14. The summed E-state index contributed by atoms with van der Waals surface area (Å²) in [6.07, 6.45) is 8.55. The van der Waals surface area contributed by atoms with Gasteiger partial charge in [-0.3, -0.25) is 9.59 Å². The van der Waals surface area contributed by atoms with Gasteiger partial charge in [0.15, 0.2) is 0 Å². The number of carbonyl (C=O) groups is 2. The molecule has 1 aliphatic heterocycles. The van der Waals surface area contributed by atoms with Crippen LogP contribution in [0.1, 0.15) is 72.2 Å². The van der Waals surface area contributed by atoms with Crippen molar-refractivity contribution in [2.24, 2.45) is 0 Å². The Morgan fingerprint density at radius 2 is 2.03 bits per heavy atom. The SMILES string of the molecule is CCN(CC)CCNC(=O)c1ccc2c(c1)CC(=S)N(CCC1=CCCCC1)C2=O. The van der Waals surface area contributed by atoms with Crippen molar-refractivity contribution in [1.29, 1.82) is 0 Å². The van der Waals surface area contributed by atoms with Gasteiger partial charge in [-0.25, -0.2) is 0 Å². The highest BCUT2D eigenvalue weighted by Crippen LogP contribution is 2.25. The first-order chi connectivity index (χ1) is 14.5. The number of nitrogens with one attached hydrogen (secondary N) is 1. The van der Waals surface area contributed by atoms with Crippen molar-refractivity contribution in [3.8, 4) is 0 Å². The van der Waals surface area contributed by atoms with E-state index in [1.54, 1.807) is 17.0 Å². The van der Waals surface area contributed by atoms with E-state index in [-0.39, 0.29) is 11.8 Å². The zero-order valence-electron chi connectivity index (χ0n) is 18.2. The van der Waals surface area contributed by atoms with Gasteiger partial charge in [0.25, 0.3) is 11.8 Å². The molecule has 1 N–H and O–H groups in total. The van der Waals surface area contributed by atoms with Crippen LogP contribution >= 0.6 is 12.2 Å². The lowest BCUT2D eigenvalue weighted by Crippen LogP contribution is -2.42. The minimum Gasteiger partial charge on any atom is -0.351 e. The minimum atomic E-state index is -0.102. The summed E-state index contributed by atoms with van der Waals surface area (Å²) in [7, 11) is 0. The molecule has 0 fully saturated rings. The zero-order valence-corrected chi connectivity index (χ0v) is 19.0. The lowest BCUT2D eigenvalue weighted by Gasteiger charge is -2.30. The first-order valence-electron chi connectivity index (χ1n) is 11.2. The van der Waals surface area contributed by atoms with Crippen LogP contribution in [0.25, 0.3) is 0 Å². The van der Waals surface area contributed by atoms with Gasteiger partial charge in [-0.1, -0.05) is 37.7 Å². The summed E-state index contributed by atoms with van der Waals surface area (Å²) in [5, 5.41) is 2.98. The van der Waals surface area contributed by atoms with Gasteiger partial charge in [0.05, 0.1) is 4.99 Å². The van der Waals surface area contributed by atoms with Crippen molar-refractivity contribution in [3.63, 3.8) is 0 Å². The molecule has 0 aromatic heterocycles. The fraction of sp³-hybridized carbons (Fsp3) is 0.542. The van der Waals surface area contributed by atoms with E-state index in [4.69, 9.17) is 12.2 Å². The number of nitrogens with zero attached hydrogens (tertiary/aromatic N) is 2. The highest BCUT2D eigenvalue weighted by atomic mass is 32.1. The van der Waals surface area contributed by atoms with Crippen LogP contribution in [-0.4, -0.2) is 59.3 Å². The van der Waals surface area contributed by atoms with Crippen LogP contribution < -0.4 is 5.32 Å². The minimum absolute atomic E-state index is 0.0360. The van der Waals surface area contributed by atoms with Crippen LogP contribution in [0.3, 0.4) is 0 Å². The molecule has 1 aliphatic carbocycles. The lowest BCUT2D eigenvalue weighted by molar-refractivity contribution is 0.0840. The van der Waals surface area contributed by atoms with E-state index in [1.807, 2.05) is 6.07 Å².